The molecule has 22 heavy (non-hydrogen) atoms. The van der Waals surface area contributed by atoms with E-state index in [9.17, 15) is 19.5 Å². The first kappa shape index (κ1) is 18.5. The maximum Gasteiger partial charge on any atom is 0.326 e. The number of hydrogen-bond acceptors (Lipinski definition) is 3. The first-order valence-corrected chi connectivity index (χ1v) is 8.04. The highest BCUT2D eigenvalue weighted by atomic mass is 16.4. The van der Waals surface area contributed by atoms with Gasteiger partial charge in [-0.15, -0.1) is 0 Å². The molecular weight excluding hydrogens is 284 g/mol. The van der Waals surface area contributed by atoms with Crippen molar-refractivity contribution in [2.45, 2.75) is 53.0 Å². The van der Waals surface area contributed by atoms with Crippen LogP contribution in [0.25, 0.3) is 0 Å². The summed E-state index contributed by atoms with van der Waals surface area (Å²) >= 11 is 0. The molecule has 1 aliphatic rings. The number of nitrogens with one attached hydrogen (secondary N) is 1. The minimum Gasteiger partial charge on any atom is -0.480 e. The van der Waals surface area contributed by atoms with Crippen LogP contribution in [0.1, 0.15) is 47.0 Å². The number of hydrogen-bond donors (Lipinski definition) is 2. The minimum atomic E-state index is -0.991. The molecule has 1 heterocycles. The number of carboxylic acids is 1. The third-order valence-electron chi connectivity index (χ3n) is 3.99. The summed E-state index contributed by atoms with van der Waals surface area (Å²) in [5.41, 5.74) is 0. The highest BCUT2D eigenvalue weighted by molar-refractivity contribution is 5.85. The molecule has 0 bridgehead atoms. The van der Waals surface area contributed by atoms with E-state index in [0.717, 1.165) is 0 Å². The molecule has 1 aliphatic heterocycles. The van der Waals surface area contributed by atoms with Gasteiger partial charge in [0.25, 0.3) is 0 Å². The number of aliphatic carboxylic acids is 1. The van der Waals surface area contributed by atoms with Gasteiger partial charge in [-0.1, -0.05) is 27.7 Å². The Morgan fingerprint density at radius 2 is 1.68 bits per heavy atom. The van der Waals surface area contributed by atoms with E-state index in [0.29, 0.717) is 32.4 Å². The second kappa shape index (κ2) is 8.15. The number of carbonyl (C=O) groups excluding carboxylic acids is 2. The predicted octanol–water partition coefficient (Wildman–Crippen LogP) is 1.50. The molecule has 0 saturated carbocycles. The first-order chi connectivity index (χ1) is 10.2. The van der Waals surface area contributed by atoms with Gasteiger partial charge in [0.1, 0.15) is 6.04 Å². The van der Waals surface area contributed by atoms with Crippen molar-refractivity contribution in [2.24, 2.45) is 17.8 Å². The zero-order valence-electron chi connectivity index (χ0n) is 14.0. The summed E-state index contributed by atoms with van der Waals surface area (Å²) in [6.07, 6.45) is 1.61. The van der Waals surface area contributed by atoms with Crippen LogP contribution in [0.3, 0.4) is 0 Å². The molecule has 126 valence electrons. The average Bonchev–Trinajstić information content (AvgIpc) is 2.45. The third kappa shape index (κ3) is 5.31. The molecule has 1 saturated heterocycles. The van der Waals surface area contributed by atoms with E-state index >= 15 is 0 Å². The van der Waals surface area contributed by atoms with Crippen LogP contribution >= 0.6 is 0 Å². The lowest BCUT2D eigenvalue weighted by atomic mass is 9.94. The SMILES string of the molecule is CC(C)C[C@H](NC(=O)C1CCN(C(=O)C(C)C)CC1)C(=O)O. The summed E-state index contributed by atoms with van der Waals surface area (Å²) in [4.78, 5) is 37.1. The molecule has 6 nitrogen and oxygen atoms in total. The summed E-state index contributed by atoms with van der Waals surface area (Å²) < 4.78 is 0. The number of likely N-dealkylation sites (tertiary alicyclic amines) is 1. The molecule has 2 N–H and O–H groups in total. The van der Waals surface area contributed by atoms with Crippen molar-refractivity contribution >= 4 is 17.8 Å². The Bertz CT molecular complexity index is 412. The van der Waals surface area contributed by atoms with Gasteiger partial charge in [-0.05, 0) is 25.2 Å². The molecule has 0 aliphatic carbocycles. The molecule has 0 aromatic carbocycles. The van der Waals surface area contributed by atoms with E-state index in [2.05, 4.69) is 5.32 Å². The maximum atomic E-state index is 12.2. The zero-order valence-corrected chi connectivity index (χ0v) is 14.0. The Hall–Kier alpha value is -1.59. The minimum absolute atomic E-state index is 0.0344. The number of rotatable bonds is 6. The Morgan fingerprint density at radius 1 is 1.14 bits per heavy atom. The fourth-order valence-electron chi connectivity index (χ4n) is 2.71. The Balaban J connectivity index is 2.51. The Labute approximate surface area is 132 Å². The highest BCUT2D eigenvalue weighted by Crippen LogP contribution is 2.19. The Morgan fingerprint density at radius 3 is 2.09 bits per heavy atom. The number of piperidine rings is 1. The van der Waals surface area contributed by atoms with Crippen molar-refractivity contribution in [2.75, 3.05) is 13.1 Å². The molecule has 1 rings (SSSR count). The van der Waals surface area contributed by atoms with Gasteiger partial charge in [0.15, 0.2) is 0 Å². The molecule has 6 heteroatoms. The van der Waals surface area contributed by atoms with Gasteiger partial charge in [-0.3, -0.25) is 9.59 Å². The molecule has 0 radical (unpaired) electrons. The van der Waals surface area contributed by atoms with E-state index in [1.807, 2.05) is 27.7 Å². The van der Waals surface area contributed by atoms with Gasteiger partial charge in [-0.2, -0.15) is 0 Å². The van der Waals surface area contributed by atoms with Crippen molar-refractivity contribution < 1.29 is 19.5 Å². The van der Waals surface area contributed by atoms with E-state index in [1.165, 1.54) is 0 Å². The van der Waals surface area contributed by atoms with E-state index < -0.39 is 12.0 Å². The summed E-state index contributed by atoms with van der Waals surface area (Å²) in [5, 5.41) is 11.8. The zero-order chi connectivity index (χ0) is 16.9. The van der Waals surface area contributed by atoms with Crippen molar-refractivity contribution in [3.8, 4) is 0 Å². The van der Waals surface area contributed by atoms with Crippen LogP contribution in [-0.2, 0) is 14.4 Å². The van der Waals surface area contributed by atoms with Crippen molar-refractivity contribution in [1.82, 2.24) is 10.2 Å². The van der Waals surface area contributed by atoms with E-state index in [-0.39, 0.29) is 29.6 Å². The standard InChI is InChI=1S/C16H28N2O4/c1-10(2)9-13(16(21)22)17-14(19)12-5-7-18(8-6-12)15(20)11(3)4/h10-13H,5-9H2,1-4H3,(H,17,19)(H,21,22)/t13-/m0/s1. The van der Waals surface area contributed by atoms with Crippen LogP contribution in [-0.4, -0.2) is 46.9 Å². The second-order valence-corrected chi connectivity index (χ2v) is 6.78. The topological polar surface area (TPSA) is 86.7 Å². The quantitative estimate of drug-likeness (QED) is 0.778. The van der Waals surface area contributed by atoms with Crippen molar-refractivity contribution in [3.05, 3.63) is 0 Å². The van der Waals surface area contributed by atoms with Crippen molar-refractivity contribution in [3.63, 3.8) is 0 Å². The largest absolute Gasteiger partial charge is 0.480 e. The number of carbonyl (C=O) groups is 3. The van der Waals surface area contributed by atoms with Crippen LogP contribution in [0.5, 0.6) is 0 Å². The number of carboxylic acid groups (broad SMARTS) is 1. The summed E-state index contributed by atoms with van der Waals surface area (Å²) in [5.74, 6) is -1.12. The van der Waals surface area contributed by atoms with Gasteiger partial charge in [0, 0.05) is 24.9 Å². The third-order valence-corrected chi connectivity index (χ3v) is 3.99. The van der Waals surface area contributed by atoms with E-state index in [1.54, 1.807) is 4.90 Å². The Kier molecular flexibility index (Phi) is 6.84. The van der Waals surface area contributed by atoms with Crippen LogP contribution in [0.15, 0.2) is 0 Å². The number of nitrogens with zero attached hydrogens (tertiary/aromatic N) is 1. The van der Waals surface area contributed by atoms with Gasteiger partial charge >= 0.3 is 5.97 Å². The second-order valence-electron chi connectivity index (χ2n) is 6.78. The van der Waals surface area contributed by atoms with Crippen molar-refractivity contribution in [1.29, 1.82) is 0 Å². The lowest BCUT2D eigenvalue weighted by Gasteiger charge is -2.33. The molecule has 0 unspecified atom stereocenters. The molecule has 0 aromatic heterocycles. The molecule has 1 atom stereocenters. The van der Waals surface area contributed by atoms with Crippen LogP contribution in [0.4, 0.5) is 0 Å². The summed E-state index contributed by atoms with van der Waals surface area (Å²) in [7, 11) is 0. The maximum absolute atomic E-state index is 12.2. The fourth-order valence-corrected chi connectivity index (χ4v) is 2.71. The molecule has 2 amide bonds. The highest BCUT2D eigenvalue weighted by Gasteiger charge is 2.30. The van der Waals surface area contributed by atoms with Gasteiger partial charge in [0.2, 0.25) is 11.8 Å². The van der Waals surface area contributed by atoms with Gasteiger partial charge < -0.3 is 15.3 Å². The monoisotopic (exact) mass is 312 g/mol. The van der Waals surface area contributed by atoms with Crippen LogP contribution < -0.4 is 5.32 Å². The smallest absolute Gasteiger partial charge is 0.326 e. The molecule has 1 fully saturated rings. The first-order valence-electron chi connectivity index (χ1n) is 8.04. The lowest BCUT2D eigenvalue weighted by molar-refractivity contribution is -0.143. The summed E-state index contributed by atoms with van der Waals surface area (Å²) in [6.45, 7) is 8.72. The predicted molar refractivity (Wildman–Crippen MR) is 83.2 cm³/mol. The lowest BCUT2D eigenvalue weighted by Crippen LogP contribution is -2.48. The molecule has 0 spiro atoms. The molecule has 0 aromatic rings. The van der Waals surface area contributed by atoms with Crippen LogP contribution in [0.2, 0.25) is 0 Å². The summed E-state index contributed by atoms with van der Waals surface area (Å²) in [6, 6.07) is -0.831. The fraction of sp³-hybridized carbons (Fsp3) is 0.812. The van der Waals surface area contributed by atoms with Gasteiger partial charge in [0.05, 0.1) is 0 Å². The molecular formula is C16H28N2O4. The average molecular weight is 312 g/mol. The van der Waals surface area contributed by atoms with E-state index in [4.69, 9.17) is 0 Å². The number of amides is 2. The normalized spacial score (nSPS) is 17.6. The van der Waals surface area contributed by atoms with Gasteiger partial charge in [-0.25, -0.2) is 4.79 Å². The van der Waals surface area contributed by atoms with Crippen LogP contribution in [0, 0.1) is 17.8 Å².